The molecule has 1 N–H and O–H groups in total. The largest absolute Gasteiger partial charge is 0.477 e. The molecule has 3 heterocycles. The molecule has 178 valence electrons. The number of amides is 1. The normalized spacial score (nSPS) is 16.5. The lowest BCUT2D eigenvalue weighted by molar-refractivity contribution is 0.0212. The van der Waals surface area contributed by atoms with Gasteiger partial charge in [0.15, 0.2) is 5.69 Å². The molecule has 3 rings (SSSR count). The van der Waals surface area contributed by atoms with Crippen molar-refractivity contribution in [3.8, 4) is 17.1 Å². The quantitative estimate of drug-likeness (QED) is 0.693. The van der Waals surface area contributed by atoms with Crippen LogP contribution < -0.4 is 9.64 Å². The fraction of sp³-hybridized carbons (Fsp3) is 0.500. The average Bonchev–Trinajstić information content (AvgIpc) is 2.77. The summed E-state index contributed by atoms with van der Waals surface area (Å²) in [5.74, 6) is -0.702. The van der Waals surface area contributed by atoms with Gasteiger partial charge in [-0.1, -0.05) is 6.92 Å². The van der Waals surface area contributed by atoms with Crippen molar-refractivity contribution in [3.63, 3.8) is 0 Å². The van der Waals surface area contributed by atoms with Crippen LogP contribution in [0.15, 0.2) is 30.5 Å². The standard InChI is InChI=1S/C24H32N4O5/c1-6-16-15-27(23(31)33-24(3,4)5)13-14-28(16)19-11-10-18(26-20(19)22(29)30)17-9-8-12-25-21(17)32-7-2/h8-12,16H,6-7,13-15H2,1-5H3,(H,29,30)/t16-/m1/s1. The Morgan fingerprint density at radius 3 is 2.58 bits per heavy atom. The maximum Gasteiger partial charge on any atom is 0.410 e. The monoisotopic (exact) mass is 456 g/mol. The van der Waals surface area contributed by atoms with Gasteiger partial charge in [-0.3, -0.25) is 0 Å². The lowest BCUT2D eigenvalue weighted by Gasteiger charge is -2.42. The summed E-state index contributed by atoms with van der Waals surface area (Å²) in [6, 6.07) is 7.07. The summed E-state index contributed by atoms with van der Waals surface area (Å²) in [6.45, 7) is 11.2. The molecule has 0 aliphatic carbocycles. The zero-order valence-corrected chi connectivity index (χ0v) is 19.9. The first-order chi connectivity index (χ1) is 15.6. The molecule has 1 fully saturated rings. The van der Waals surface area contributed by atoms with Crippen molar-refractivity contribution in [2.45, 2.75) is 52.7 Å². The Balaban J connectivity index is 1.90. The molecular weight excluding hydrogens is 424 g/mol. The van der Waals surface area contributed by atoms with E-state index in [1.807, 2.05) is 39.5 Å². The Labute approximate surface area is 194 Å². The van der Waals surface area contributed by atoms with E-state index in [1.165, 1.54) is 0 Å². The summed E-state index contributed by atoms with van der Waals surface area (Å²) in [6.07, 6.45) is 2.00. The number of piperazine rings is 1. The van der Waals surface area contributed by atoms with Gasteiger partial charge in [0, 0.05) is 31.9 Å². The minimum absolute atomic E-state index is 0.0389. The van der Waals surface area contributed by atoms with Gasteiger partial charge in [-0.2, -0.15) is 0 Å². The van der Waals surface area contributed by atoms with Gasteiger partial charge in [0.1, 0.15) is 5.60 Å². The molecule has 1 saturated heterocycles. The molecule has 1 amide bonds. The molecule has 0 bridgehead atoms. The van der Waals surface area contributed by atoms with Crippen molar-refractivity contribution in [2.24, 2.45) is 0 Å². The zero-order chi connectivity index (χ0) is 24.2. The zero-order valence-electron chi connectivity index (χ0n) is 19.9. The summed E-state index contributed by atoms with van der Waals surface area (Å²) >= 11 is 0. The van der Waals surface area contributed by atoms with Gasteiger partial charge >= 0.3 is 12.1 Å². The van der Waals surface area contributed by atoms with Gasteiger partial charge in [0.25, 0.3) is 0 Å². The third kappa shape index (κ3) is 5.71. The van der Waals surface area contributed by atoms with Crippen LogP contribution in [0.25, 0.3) is 11.3 Å². The van der Waals surface area contributed by atoms with Crippen molar-refractivity contribution in [1.29, 1.82) is 0 Å². The van der Waals surface area contributed by atoms with E-state index < -0.39 is 11.6 Å². The van der Waals surface area contributed by atoms with Crippen LogP contribution in [0.1, 0.15) is 51.5 Å². The SMILES string of the molecule is CCOc1ncccc1-c1ccc(N2CCN(C(=O)OC(C)(C)C)C[C@H]2CC)c(C(=O)O)n1. The molecule has 1 aliphatic rings. The molecular formula is C24H32N4O5. The number of anilines is 1. The van der Waals surface area contributed by atoms with E-state index in [0.29, 0.717) is 49.1 Å². The summed E-state index contributed by atoms with van der Waals surface area (Å²) in [5.41, 5.74) is 1.04. The molecule has 9 heteroatoms. The Hall–Kier alpha value is -3.36. The van der Waals surface area contributed by atoms with E-state index in [4.69, 9.17) is 9.47 Å². The van der Waals surface area contributed by atoms with Crippen LogP contribution in [0.2, 0.25) is 0 Å². The van der Waals surface area contributed by atoms with Crippen molar-refractivity contribution in [3.05, 3.63) is 36.2 Å². The van der Waals surface area contributed by atoms with Crippen molar-refractivity contribution < 1.29 is 24.2 Å². The molecule has 0 aromatic carbocycles. The number of rotatable bonds is 6. The van der Waals surface area contributed by atoms with E-state index in [0.717, 1.165) is 6.42 Å². The fourth-order valence-corrected chi connectivity index (χ4v) is 3.84. The highest BCUT2D eigenvalue weighted by Crippen LogP contribution is 2.31. The van der Waals surface area contributed by atoms with Crippen LogP contribution in [-0.4, -0.2) is 69.9 Å². The Kier molecular flexibility index (Phi) is 7.40. The lowest BCUT2D eigenvalue weighted by atomic mass is 10.1. The average molecular weight is 457 g/mol. The molecule has 9 nitrogen and oxygen atoms in total. The van der Waals surface area contributed by atoms with Crippen molar-refractivity contribution in [2.75, 3.05) is 31.1 Å². The molecule has 0 saturated carbocycles. The number of pyridine rings is 2. The van der Waals surface area contributed by atoms with E-state index in [2.05, 4.69) is 9.97 Å². The molecule has 33 heavy (non-hydrogen) atoms. The number of carbonyl (C=O) groups excluding carboxylic acids is 1. The van der Waals surface area contributed by atoms with Crippen LogP contribution in [-0.2, 0) is 4.74 Å². The number of hydrogen-bond donors (Lipinski definition) is 1. The topological polar surface area (TPSA) is 105 Å². The van der Waals surface area contributed by atoms with Gasteiger partial charge in [0.2, 0.25) is 5.88 Å². The molecule has 2 aromatic heterocycles. The number of carboxylic acid groups (broad SMARTS) is 1. The summed E-state index contributed by atoms with van der Waals surface area (Å²) in [4.78, 5) is 37.1. The van der Waals surface area contributed by atoms with Gasteiger partial charge in [0.05, 0.1) is 23.6 Å². The first kappa shape index (κ1) is 24.3. The third-order valence-corrected chi connectivity index (χ3v) is 5.32. The highest BCUT2D eigenvalue weighted by atomic mass is 16.6. The Morgan fingerprint density at radius 2 is 1.94 bits per heavy atom. The third-order valence-electron chi connectivity index (χ3n) is 5.32. The second-order valence-electron chi connectivity index (χ2n) is 8.84. The molecule has 0 spiro atoms. The summed E-state index contributed by atoms with van der Waals surface area (Å²) in [5, 5.41) is 9.95. The Morgan fingerprint density at radius 1 is 1.18 bits per heavy atom. The second-order valence-corrected chi connectivity index (χ2v) is 8.84. The predicted octanol–water partition coefficient (Wildman–Crippen LogP) is 4.08. The molecule has 2 aromatic rings. The maximum atomic E-state index is 12.5. The lowest BCUT2D eigenvalue weighted by Crippen LogP contribution is -2.55. The second kappa shape index (κ2) is 10.1. The first-order valence-electron chi connectivity index (χ1n) is 11.2. The number of aromatic nitrogens is 2. The predicted molar refractivity (Wildman–Crippen MR) is 125 cm³/mol. The highest BCUT2D eigenvalue weighted by molar-refractivity contribution is 5.93. The van der Waals surface area contributed by atoms with E-state index in [-0.39, 0.29) is 17.8 Å². The van der Waals surface area contributed by atoms with E-state index in [9.17, 15) is 14.7 Å². The number of carboxylic acids is 1. The number of hydrogen-bond acceptors (Lipinski definition) is 7. The number of nitrogens with zero attached hydrogens (tertiary/aromatic N) is 4. The van der Waals surface area contributed by atoms with Crippen LogP contribution >= 0.6 is 0 Å². The van der Waals surface area contributed by atoms with Gasteiger partial charge in [-0.15, -0.1) is 0 Å². The smallest absolute Gasteiger partial charge is 0.410 e. The minimum Gasteiger partial charge on any atom is -0.477 e. The summed E-state index contributed by atoms with van der Waals surface area (Å²) < 4.78 is 11.1. The van der Waals surface area contributed by atoms with Crippen LogP contribution in [0.4, 0.5) is 10.5 Å². The Bertz CT molecular complexity index is 1000. The van der Waals surface area contributed by atoms with Gasteiger partial charge in [-0.25, -0.2) is 19.6 Å². The maximum absolute atomic E-state index is 12.5. The molecule has 0 unspecified atom stereocenters. The van der Waals surface area contributed by atoms with Crippen LogP contribution in [0.5, 0.6) is 5.88 Å². The van der Waals surface area contributed by atoms with Crippen LogP contribution in [0, 0.1) is 0 Å². The molecule has 1 atom stereocenters. The van der Waals surface area contributed by atoms with E-state index in [1.54, 1.807) is 35.4 Å². The first-order valence-corrected chi connectivity index (χ1v) is 11.2. The molecule has 0 radical (unpaired) electrons. The van der Waals surface area contributed by atoms with Crippen LogP contribution in [0.3, 0.4) is 0 Å². The minimum atomic E-state index is -1.11. The van der Waals surface area contributed by atoms with Crippen molar-refractivity contribution in [1.82, 2.24) is 14.9 Å². The highest BCUT2D eigenvalue weighted by Gasteiger charge is 2.33. The van der Waals surface area contributed by atoms with Gasteiger partial charge < -0.3 is 24.4 Å². The number of aromatic carboxylic acids is 1. The fourth-order valence-electron chi connectivity index (χ4n) is 3.84. The number of carbonyl (C=O) groups is 2. The molecule has 1 aliphatic heterocycles. The van der Waals surface area contributed by atoms with Gasteiger partial charge in [-0.05, 0) is 58.4 Å². The summed E-state index contributed by atoms with van der Waals surface area (Å²) in [7, 11) is 0. The van der Waals surface area contributed by atoms with Crippen molar-refractivity contribution >= 4 is 17.7 Å². The number of ether oxygens (including phenoxy) is 2. The van der Waals surface area contributed by atoms with E-state index >= 15 is 0 Å².